The Morgan fingerprint density at radius 2 is 1.72 bits per heavy atom. The van der Waals surface area contributed by atoms with Crippen LogP contribution in [0.4, 0.5) is 11.4 Å². The average molecular weight is 451 g/mol. The van der Waals surface area contributed by atoms with Crippen LogP contribution in [-0.2, 0) is 20.9 Å². The molecule has 8 nitrogen and oxygen atoms in total. The van der Waals surface area contributed by atoms with Crippen LogP contribution in [0.2, 0.25) is 0 Å². The minimum Gasteiger partial charge on any atom is -0.458 e. The summed E-state index contributed by atoms with van der Waals surface area (Å²) in [5, 5.41) is 11.2. The smallest absolute Gasteiger partial charge is 0.311 e. The Morgan fingerprint density at radius 1 is 1.06 bits per heavy atom. The van der Waals surface area contributed by atoms with Gasteiger partial charge in [-0.1, -0.05) is 46.7 Å². The van der Waals surface area contributed by atoms with E-state index in [-0.39, 0.29) is 36.4 Å². The van der Waals surface area contributed by atoms with Crippen LogP contribution in [0.15, 0.2) is 48.5 Å². The molecule has 1 saturated heterocycles. The summed E-state index contributed by atoms with van der Waals surface area (Å²) in [5.41, 5.74) is 3.62. The quantitative estimate of drug-likeness (QED) is 0.577. The maximum atomic E-state index is 12.5. The van der Waals surface area contributed by atoms with Crippen molar-refractivity contribution in [1.29, 1.82) is 0 Å². The molecule has 0 aliphatic carbocycles. The first-order valence-electron chi connectivity index (χ1n) is 10.1. The number of esters is 1. The second kappa shape index (κ2) is 9.27. The van der Waals surface area contributed by atoms with E-state index in [2.05, 4.69) is 15.5 Å². The molecule has 0 spiro atoms. The molecule has 1 atom stereocenters. The first kappa shape index (κ1) is 21.6. The molecular weight excluding hydrogens is 428 g/mol. The molecule has 1 fully saturated rings. The molecule has 1 aromatic heterocycles. The first-order valence-corrected chi connectivity index (χ1v) is 10.9. The number of amides is 2. The van der Waals surface area contributed by atoms with Gasteiger partial charge in [-0.25, -0.2) is 0 Å². The molecule has 2 aromatic carbocycles. The summed E-state index contributed by atoms with van der Waals surface area (Å²) < 4.78 is 5.35. The Hall–Kier alpha value is -3.59. The highest BCUT2D eigenvalue weighted by Gasteiger charge is 2.36. The van der Waals surface area contributed by atoms with E-state index in [0.29, 0.717) is 10.7 Å². The zero-order valence-electron chi connectivity index (χ0n) is 17.7. The molecule has 4 rings (SSSR count). The average Bonchev–Trinajstić information content (AvgIpc) is 3.41. The summed E-state index contributed by atoms with van der Waals surface area (Å²) in [6, 6.07) is 15.0. The third kappa shape index (κ3) is 5.00. The molecule has 0 bridgehead atoms. The molecule has 3 aromatic rings. The van der Waals surface area contributed by atoms with Crippen LogP contribution in [0.3, 0.4) is 0 Å². The van der Waals surface area contributed by atoms with E-state index in [1.54, 1.807) is 17.0 Å². The van der Waals surface area contributed by atoms with Gasteiger partial charge in [0.1, 0.15) is 6.61 Å². The number of nitrogens with zero attached hydrogens (tertiary/aromatic N) is 3. The molecule has 32 heavy (non-hydrogen) atoms. The van der Waals surface area contributed by atoms with Crippen LogP contribution in [0.25, 0.3) is 0 Å². The van der Waals surface area contributed by atoms with Crippen LogP contribution in [-0.4, -0.2) is 34.5 Å². The summed E-state index contributed by atoms with van der Waals surface area (Å²) in [4.78, 5) is 38.8. The highest BCUT2D eigenvalue weighted by atomic mass is 32.1. The third-order valence-corrected chi connectivity index (χ3v) is 6.01. The van der Waals surface area contributed by atoms with Crippen molar-refractivity contribution in [1.82, 2.24) is 10.2 Å². The third-order valence-electron chi connectivity index (χ3n) is 5.11. The van der Waals surface area contributed by atoms with Crippen molar-refractivity contribution in [2.24, 2.45) is 5.92 Å². The molecule has 164 valence electrons. The number of benzene rings is 2. The summed E-state index contributed by atoms with van der Waals surface area (Å²) >= 11 is 1.06. The zero-order chi connectivity index (χ0) is 22.7. The molecular formula is C23H22N4O4S. The number of rotatable bonds is 6. The van der Waals surface area contributed by atoms with Gasteiger partial charge in [-0.3, -0.25) is 14.4 Å². The van der Waals surface area contributed by atoms with Crippen molar-refractivity contribution in [3.8, 4) is 0 Å². The van der Waals surface area contributed by atoms with Crippen molar-refractivity contribution in [2.45, 2.75) is 26.9 Å². The van der Waals surface area contributed by atoms with Crippen molar-refractivity contribution in [2.75, 3.05) is 16.8 Å². The minimum absolute atomic E-state index is 0.0937. The summed E-state index contributed by atoms with van der Waals surface area (Å²) in [7, 11) is 0. The molecule has 2 heterocycles. The van der Waals surface area contributed by atoms with Gasteiger partial charge in [0.25, 0.3) is 5.91 Å². The highest BCUT2D eigenvalue weighted by molar-refractivity contribution is 7.13. The predicted molar refractivity (Wildman–Crippen MR) is 120 cm³/mol. The van der Waals surface area contributed by atoms with Gasteiger partial charge in [-0.15, -0.1) is 10.2 Å². The first-order chi connectivity index (χ1) is 15.4. The lowest BCUT2D eigenvalue weighted by Gasteiger charge is -2.16. The molecule has 1 aliphatic heterocycles. The fraction of sp³-hybridized carbons (Fsp3) is 0.261. The Labute approximate surface area is 189 Å². The summed E-state index contributed by atoms with van der Waals surface area (Å²) in [5.74, 6) is -1.49. The second-order valence-electron chi connectivity index (χ2n) is 7.67. The van der Waals surface area contributed by atoms with E-state index in [1.807, 2.05) is 50.2 Å². The molecule has 0 saturated carbocycles. The number of hydrogen-bond donors (Lipinski definition) is 1. The Morgan fingerprint density at radius 3 is 2.41 bits per heavy atom. The fourth-order valence-electron chi connectivity index (χ4n) is 3.32. The van der Waals surface area contributed by atoms with Gasteiger partial charge in [0.05, 0.1) is 5.92 Å². The van der Waals surface area contributed by atoms with Gasteiger partial charge in [-0.2, -0.15) is 0 Å². The van der Waals surface area contributed by atoms with Gasteiger partial charge in [-0.05, 0) is 38.1 Å². The van der Waals surface area contributed by atoms with Crippen LogP contribution >= 0.6 is 11.3 Å². The second-order valence-corrected chi connectivity index (χ2v) is 8.73. The number of nitrogens with one attached hydrogen (secondary N) is 1. The van der Waals surface area contributed by atoms with E-state index >= 15 is 0 Å². The molecule has 0 radical (unpaired) electrons. The van der Waals surface area contributed by atoms with E-state index in [1.165, 1.54) is 0 Å². The van der Waals surface area contributed by atoms with Crippen molar-refractivity contribution < 1.29 is 19.1 Å². The number of hydrogen-bond acceptors (Lipinski definition) is 7. The lowest BCUT2D eigenvalue weighted by molar-refractivity contribution is -0.149. The topological polar surface area (TPSA) is 101 Å². The van der Waals surface area contributed by atoms with Gasteiger partial charge < -0.3 is 15.0 Å². The predicted octanol–water partition coefficient (Wildman–Crippen LogP) is 3.50. The Balaban J connectivity index is 1.30. The van der Waals surface area contributed by atoms with Crippen LogP contribution in [0.1, 0.15) is 32.4 Å². The molecule has 1 N–H and O–H groups in total. The SMILES string of the molecule is Cc1ccc(NC(=O)c2nnc(COC(=O)C3CC(=O)N(c4ccc(C)cc4)C3)s2)cc1. The normalized spacial score (nSPS) is 15.6. The monoisotopic (exact) mass is 450 g/mol. The largest absolute Gasteiger partial charge is 0.458 e. The number of carbonyl (C=O) groups excluding carboxylic acids is 3. The lowest BCUT2D eigenvalue weighted by Crippen LogP contribution is -2.26. The van der Waals surface area contributed by atoms with Gasteiger partial charge >= 0.3 is 5.97 Å². The lowest BCUT2D eigenvalue weighted by atomic mass is 10.1. The van der Waals surface area contributed by atoms with Crippen LogP contribution in [0.5, 0.6) is 0 Å². The van der Waals surface area contributed by atoms with Crippen molar-refractivity contribution >= 4 is 40.5 Å². The maximum absolute atomic E-state index is 12.5. The Kier molecular flexibility index (Phi) is 6.27. The molecule has 9 heteroatoms. The molecule has 1 aliphatic rings. The summed E-state index contributed by atoms with van der Waals surface area (Å²) in [6.07, 6.45) is 0.104. The number of aromatic nitrogens is 2. The fourth-order valence-corrected chi connectivity index (χ4v) is 3.96. The van der Waals surface area contributed by atoms with Gasteiger partial charge in [0, 0.05) is 24.3 Å². The zero-order valence-corrected chi connectivity index (χ0v) is 18.5. The van der Waals surface area contributed by atoms with Crippen LogP contribution < -0.4 is 10.2 Å². The highest BCUT2D eigenvalue weighted by Crippen LogP contribution is 2.26. The number of carbonyl (C=O) groups is 3. The van der Waals surface area contributed by atoms with Crippen molar-refractivity contribution in [3.05, 3.63) is 69.7 Å². The van der Waals surface area contributed by atoms with E-state index in [9.17, 15) is 14.4 Å². The maximum Gasteiger partial charge on any atom is 0.311 e. The minimum atomic E-state index is -0.541. The van der Waals surface area contributed by atoms with Crippen LogP contribution in [0, 0.1) is 19.8 Å². The standard InChI is InChI=1S/C23H22N4O4S/c1-14-3-7-17(8-4-14)24-21(29)22-26-25-19(32-22)13-31-23(30)16-11-20(28)27(12-16)18-9-5-15(2)6-10-18/h3-10,16H,11-13H2,1-2H3,(H,24,29). The summed E-state index contributed by atoms with van der Waals surface area (Å²) in [6.45, 7) is 4.12. The van der Waals surface area contributed by atoms with E-state index in [4.69, 9.17) is 4.74 Å². The number of anilines is 2. The molecule has 2 amide bonds. The van der Waals surface area contributed by atoms with E-state index < -0.39 is 11.9 Å². The Bertz CT molecular complexity index is 1140. The number of aryl methyl sites for hydroxylation is 2. The number of ether oxygens (including phenoxy) is 1. The van der Waals surface area contributed by atoms with Gasteiger partial charge in [0.15, 0.2) is 5.01 Å². The molecule has 1 unspecified atom stereocenters. The van der Waals surface area contributed by atoms with Crippen molar-refractivity contribution in [3.63, 3.8) is 0 Å². The van der Waals surface area contributed by atoms with Gasteiger partial charge in [0.2, 0.25) is 10.9 Å². The van der Waals surface area contributed by atoms with E-state index in [0.717, 1.165) is 28.2 Å².